The number of rotatable bonds is 5. The van der Waals surface area contributed by atoms with Gasteiger partial charge in [-0.1, -0.05) is 6.92 Å². The SMILES string of the molecule is CCCOCCN1CCNCC1C. The van der Waals surface area contributed by atoms with E-state index in [4.69, 9.17) is 4.74 Å². The Morgan fingerprint density at radius 2 is 2.31 bits per heavy atom. The number of hydrogen-bond acceptors (Lipinski definition) is 3. The van der Waals surface area contributed by atoms with E-state index < -0.39 is 0 Å². The van der Waals surface area contributed by atoms with E-state index in [-0.39, 0.29) is 0 Å². The Balaban J connectivity index is 2.05. The first-order valence-corrected chi connectivity index (χ1v) is 5.37. The molecule has 1 rings (SSSR count). The van der Waals surface area contributed by atoms with Crippen molar-refractivity contribution in [1.29, 1.82) is 0 Å². The lowest BCUT2D eigenvalue weighted by atomic mass is 10.2. The quantitative estimate of drug-likeness (QED) is 0.640. The van der Waals surface area contributed by atoms with Crippen molar-refractivity contribution in [2.24, 2.45) is 0 Å². The molecule has 1 atom stereocenters. The summed E-state index contributed by atoms with van der Waals surface area (Å²) in [5, 5.41) is 3.38. The van der Waals surface area contributed by atoms with Gasteiger partial charge in [0.1, 0.15) is 0 Å². The molecule has 13 heavy (non-hydrogen) atoms. The molecule has 0 bridgehead atoms. The third-order valence-corrected chi connectivity index (χ3v) is 2.51. The lowest BCUT2D eigenvalue weighted by Crippen LogP contribution is -2.50. The van der Waals surface area contributed by atoms with Gasteiger partial charge >= 0.3 is 0 Å². The van der Waals surface area contributed by atoms with Gasteiger partial charge in [0.25, 0.3) is 0 Å². The second-order valence-corrected chi connectivity index (χ2v) is 3.70. The van der Waals surface area contributed by atoms with Crippen LogP contribution in [0.15, 0.2) is 0 Å². The summed E-state index contributed by atoms with van der Waals surface area (Å²) in [5.74, 6) is 0. The van der Waals surface area contributed by atoms with E-state index in [2.05, 4.69) is 24.1 Å². The molecule has 0 aromatic carbocycles. The highest BCUT2D eigenvalue weighted by Crippen LogP contribution is 2.01. The third kappa shape index (κ3) is 4.07. The van der Waals surface area contributed by atoms with Gasteiger partial charge in [-0.2, -0.15) is 0 Å². The van der Waals surface area contributed by atoms with Gasteiger partial charge in [0.15, 0.2) is 0 Å². The molecule has 0 aromatic heterocycles. The van der Waals surface area contributed by atoms with Crippen molar-refractivity contribution in [2.75, 3.05) is 39.4 Å². The first-order chi connectivity index (χ1) is 6.34. The molecule has 1 N–H and O–H groups in total. The summed E-state index contributed by atoms with van der Waals surface area (Å²) >= 11 is 0. The Morgan fingerprint density at radius 3 is 3.00 bits per heavy atom. The van der Waals surface area contributed by atoms with Gasteiger partial charge in [-0.05, 0) is 13.3 Å². The third-order valence-electron chi connectivity index (χ3n) is 2.51. The first kappa shape index (κ1) is 11.0. The number of ether oxygens (including phenoxy) is 1. The normalized spacial score (nSPS) is 24.9. The lowest BCUT2D eigenvalue weighted by molar-refractivity contribution is 0.0815. The minimum Gasteiger partial charge on any atom is -0.380 e. The van der Waals surface area contributed by atoms with Crippen molar-refractivity contribution in [1.82, 2.24) is 10.2 Å². The number of piperazine rings is 1. The van der Waals surface area contributed by atoms with Gasteiger partial charge in [-0.25, -0.2) is 0 Å². The van der Waals surface area contributed by atoms with Crippen LogP contribution in [0.4, 0.5) is 0 Å². The van der Waals surface area contributed by atoms with E-state index in [1.54, 1.807) is 0 Å². The van der Waals surface area contributed by atoms with Crippen LogP contribution in [0.5, 0.6) is 0 Å². The predicted octanol–water partition coefficient (Wildman–Crippen LogP) is 0.707. The second-order valence-electron chi connectivity index (χ2n) is 3.70. The fourth-order valence-electron chi connectivity index (χ4n) is 1.64. The topological polar surface area (TPSA) is 24.5 Å². The molecule has 3 heteroatoms. The van der Waals surface area contributed by atoms with Gasteiger partial charge in [0, 0.05) is 38.8 Å². The molecule has 78 valence electrons. The summed E-state index contributed by atoms with van der Waals surface area (Å²) in [6.07, 6.45) is 1.12. The Hall–Kier alpha value is -0.120. The molecular formula is C10H22N2O. The molecule has 0 aliphatic carbocycles. The Labute approximate surface area is 81.4 Å². The molecule has 1 unspecified atom stereocenters. The molecule has 1 aliphatic heterocycles. The zero-order valence-corrected chi connectivity index (χ0v) is 8.88. The van der Waals surface area contributed by atoms with Crippen molar-refractivity contribution in [3.8, 4) is 0 Å². The van der Waals surface area contributed by atoms with E-state index in [1.165, 1.54) is 0 Å². The molecule has 1 aliphatic rings. The standard InChI is InChI=1S/C10H22N2O/c1-3-7-13-8-6-12-5-4-11-9-10(12)2/h10-11H,3-9H2,1-2H3. The molecule has 3 nitrogen and oxygen atoms in total. The number of hydrogen-bond donors (Lipinski definition) is 1. The molecule has 0 radical (unpaired) electrons. The van der Waals surface area contributed by atoms with E-state index in [0.717, 1.165) is 45.8 Å². The molecule has 1 heterocycles. The lowest BCUT2D eigenvalue weighted by Gasteiger charge is -2.33. The van der Waals surface area contributed by atoms with Crippen molar-refractivity contribution < 1.29 is 4.74 Å². The summed E-state index contributed by atoms with van der Waals surface area (Å²) in [5.41, 5.74) is 0. The van der Waals surface area contributed by atoms with Crippen molar-refractivity contribution in [3.05, 3.63) is 0 Å². The second kappa shape index (κ2) is 6.35. The van der Waals surface area contributed by atoms with E-state index in [0.29, 0.717) is 6.04 Å². The summed E-state index contributed by atoms with van der Waals surface area (Å²) in [7, 11) is 0. The maximum Gasteiger partial charge on any atom is 0.0593 e. The van der Waals surface area contributed by atoms with Gasteiger partial charge in [-0.3, -0.25) is 4.90 Å². The summed E-state index contributed by atoms with van der Waals surface area (Å²) in [6.45, 7) is 10.7. The number of nitrogens with zero attached hydrogens (tertiary/aromatic N) is 1. The monoisotopic (exact) mass is 186 g/mol. The van der Waals surface area contributed by atoms with Crippen molar-refractivity contribution in [2.45, 2.75) is 26.3 Å². The largest absolute Gasteiger partial charge is 0.380 e. The van der Waals surface area contributed by atoms with Crippen LogP contribution in [-0.4, -0.2) is 50.3 Å². The van der Waals surface area contributed by atoms with E-state index in [9.17, 15) is 0 Å². The van der Waals surface area contributed by atoms with Crippen LogP contribution in [0.25, 0.3) is 0 Å². The highest BCUT2D eigenvalue weighted by molar-refractivity contribution is 4.75. The zero-order valence-electron chi connectivity index (χ0n) is 8.88. The van der Waals surface area contributed by atoms with Gasteiger partial charge < -0.3 is 10.1 Å². The molecule has 0 saturated carbocycles. The van der Waals surface area contributed by atoms with Crippen LogP contribution in [0.1, 0.15) is 20.3 Å². The van der Waals surface area contributed by atoms with Gasteiger partial charge in [0.05, 0.1) is 6.61 Å². The fourth-order valence-corrected chi connectivity index (χ4v) is 1.64. The van der Waals surface area contributed by atoms with Crippen molar-refractivity contribution >= 4 is 0 Å². The summed E-state index contributed by atoms with van der Waals surface area (Å²) < 4.78 is 5.47. The minimum absolute atomic E-state index is 0.666. The summed E-state index contributed by atoms with van der Waals surface area (Å²) in [4.78, 5) is 2.49. The van der Waals surface area contributed by atoms with Crippen LogP contribution in [-0.2, 0) is 4.74 Å². The molecule has 0 aromatic rings. The molecule has 1 saturated heterocycles. The predicted molar refractivity (Wildman–Crippen MR) is 55.0 cm³/mol. The fraction of sp³-hybridized carbons (Fsp3) is 1.00. The Kier molecular flexibility index (Phi) is 5.35. The zero-order chi connectivity index (χ0) is 9.52. The smallest absolute Gasteiger partial charge is 0.0593 e. The van der Waals surface area contributed by atoms with Crippen molar-refractivity contribution in [3.63, 3.8) is 0 Å². The maximum atomic E-state index is 5.47. The van der Waals surface area contributed by atoms with Crippen LogP contribution in [0, 0.1) is 0 Å². The first-order valence-electron chi connectivity index (χ1n) is 5.37. The maximum absolute atomic E-state index is 5.47. The van der Waals surface area contributed by atoms with E-state index in [1.807, 2.05) is 0 Å². The number of nitrogens with one attached hydrogen (secondary N) is 1. The highest BCUT2D eigenvalue weighted by atomic mass is 16.5. The molecular weight excluding hydrogens is 164 g/mol. The van der Waals surface area contributed by atoms with Crippen LogP contribution in [0.2, 0.25) is 0 Å². The molecule has 0 spiro atoms. The molecule has 0 amide bonds. The summed E-state index contributed by atoms with van der Waals surface area (Å²) in [6, 6.07) is 0.666. The van der Waals surface area contributed by atoms with Crippen LogP contribution in [0.3, 0.4) is 0 Å². The highest BCUT2D eigenvalue weighted by Gasteiger charge is 2.16. The Bertz CT molecular complexity index is 130. The van der Waals surface area contributed by atoms with Crippen LogP contribution >= 0.6 is 0 Å². The van der Waals surface area contributed by atoms with Gasteiger partial charge in [0.2, 0.25) is 0 Å². The van der Waals surface area contributed by atoms with Gasteiger partial charge in [-0.15, -0.1) is 0 Å². The van der Waals surface area contributed by atoms with Crippen LogP contribution < -0.4 is 5.32 Å². The minimum atomic E-state index is 0.666. The average molecular weight is 186 g/mol. The molecule has 1 fully saturated rings. The average Bonchev–Trinajstić information content (AvgIpc) is 2.15. The van der Waals surface area contributed by atoms with E-state index >= 15 is 0 Å². The Morgan fingerprint density at radius 1 is 1.46 bits per heavy atom.